The number of hydrogen-bond acceptors (Lipinski definition) is 2. The molecule has 0 unspecified atom stereocenters. The summed E-state index contributed by atoms with van der Waals surface area (Å²) >= 11 is 0. The molecule has 0 bridgehead atoms. The van der Waals surface area contributed by atoms with Gasteiger partial charge in [0.15, 0.2) is 0 Å². The van der Waals surface area contributed by atoms with Crippen LogP contribution in [0.2, 0.25) is 0 Å². The van der Waals surface area contributed by atoms with Crippen LogP contribution in [-0.4, -0.2) is 29.3 Å². The molecule has 0 heterocycles. The van der Waals surface area contributed by atoms with Crippen molar-refractivity contribution in [3.63, 3.8) is 0 Å². The topological polar surface area (TPSA) is 49.4 Å². The lowest BCUT2D eigenvalue weighted by molar-refractivity contribution is -0.133. The Morgan fingerprint density at radius 1 is 0.958 bits per heavy atom. The fourth-order valence-corrected chi connectivity index (χ4v) is 2.46. The third kappa shape index (κ3) is 5.23. The van der Waals surface area contributed by atoms with Crippen molar-refractivity contribution in [2.24, 2.45) is 0 Å². The molecule has 2 aromatic rings. The number of carbonyl (C=O) groups excluding carboxylic acids is 2. The number of benzene rings is 2. The van der Waals surface area contributed by atoms with Gasteiger partial charge in [-0.1, -0.05) is 48.5 Å². The van der Waals surface area contributed by atoms with E-state index in [0.29, 0.717) is 25.1 Å². The molecule has 0 aliphatic rings. The molecule has 2 aromatic carbocycles. The predicted octanol–water partition coefficient (Wildman–Crippen LogP) is 3.24. The van der Waals surface area contributed by atoms with E-state index in [9.17, 15) is 9.59 Å². The van der Waals surface area contributed by atoms with Gasteiger partial charge in [-0.05, 0) is 31.5 Å². The van der Waals surface area contributed by atoms with Gasteiger partial charge in [-0.15, -0.1) is 0 Å². The van der Waals surface area contributed by atoms with E-state index in [1.54, 1.807) is 12.1 Å². The van der Waals surface area contributed by atoms with Gasteiger partial charge in [0.25, 0.3) is 5.91 Å². The Hall–Kier alpha value is -2.62. The molecule has 2 amide bonds. The van der Waals surface area contributed by atoms with Crippen molar-refractivity contribution >= 4 is 11.8 Å². The zero-order chi connectivity index (χ0) is 17.4. The Morgan fingerprint density at radius 3 is 2.12 bits per heavy atom. The average molecular weight is 324 g/mol. The highest BCUT2D eigenvalue weighted by molar-refractivity contribution is 5.94. The van der Waals surface area contributed by atoms with E-state index in [2.05, 4.69) is 5.32 Å². The van der Waals surface area contributed by atoms with Crippen LogP contribution in [0.15, 0.2) is 60.7 Å². The van der Waals surface area contributed by atoms with Crippen LogP contribution in [0.3, 0.4) is 0 Å². The van der Waals surface area contributed by atoms with E-state index >= 15 is 0 Å². The van der Waals surface area contributed by atoms with Crippen molar-refractivity contribution in [3.05, 3.63) is 71.8 Å². The smallest absolute Gasteiger partial charge is 0.251 e. The molecule has 0 aromatic heterocycles. The van der Waals surface area contributed by atoms with Crippen molar-refractivity contribution in [1.29, 1.82) is 0 Å². The maximum absolute atomic E-state index is 12.5. The summed E-state index contributed by atoms with van der Waals surface area (Å²) in [5, 5.41) is 2.80. The van der Waals surface area contributed by atoms with E-state index in [4.69, 9.17) is 0 Å². The molecular weight excluding hydrogens is 300 g/mol. The van der Waals surface area contributed by atoms with Crippen LogP contribution in [0, 0.1) is 0 Å². The van der Waals surface area contributed by atoms with Gasteiger partial charge < -0.3 is 10.2 Å². The first kappa shape index (κ1) is 17.7. The third-order valence-electron chi connectivity index (χ3n) is 3.80. The predicted molar refractivity (Wildman–Crippen MR) is 95.5 cm³/mol. The molecule has 0 atom stereocenters. The summed E-state index contributed by atoms with van der Waals surface area (Å²) in [5.41, 5.74) is 1.71. The summed E-state index contributed by atoms with van der Waals surface area (Å²) in [6, 6.07) is 19.1. The Kier molecular flexibility index (Phi) is 6.55. The summed E-state index contributed by atoms with van der Waals surface area (Å²) in [7, 11) is 0. The Bertz CT molecular complexity index is 654. The molecule has 0 fully saturated rings. The summed E-state index contributed by atoms with van der Waals surface area (Å²) < 4.78 is 0. The van der Waals surface area contributed by atoms with Crippen LogP contribution in [0.5, 0.6) is 0 Å². The van der Waals surface area contributed by atoms with Crippen molar-refractivity contribution in [1.82, 2.24) is 10.2 Å². The van der Waals surface area contributed by atoms with Crippen LogP contribution in [0.25, 0.3) is 0 Å². The fourth-order valence-electron chi connectivity index (χ4n) is 2.46. The molecule has 1 N–H and O–H groups in total. The van der Waals surface area contributed by atoms with Gasteiger partial charge in [-0.25, -0.2) is 0 Å². The minimum absolute atomic E-state index is 0.0437. The second kappa shape index (κ2) is 8.87. The number of hydrogen-bond donors (Lipinski definition) is 1. The second-order valence-corrected chi connectivity index (χ2v) is 5.97. The third-order valence-corrected chi connectivity index (χ3v) is 3.80. The standard InChI is InChI=1S/C20H24N2O2/c1-16(2)22(15-17-9-5-3-6-10-17)19(23)13-14-21-20(24)18-11-7-4-8-12-18/h3-12,16H,13-15H2,1-2H3,(H,21,24). The summed E-state index contributed by atoms with van der Waals surface area (Å²) in [5.74, 6) is -0.107. The molecule has 4 heteroatoms. The lowest BCUT2D eigenvalue weighted by Gasteiger charge is -2.27. The normalized spacial score (nSPS) is 10.5. The minimum atomic E-state index is -0.150. The molecule has 0 aliphatic carbocycles. The van der Waals surface area contributed by atoms with Crippen molar-refractivity contribution in [2.45, 2.75) is 32.9 Å². The molecule has 0 saturated carbocycles. The molecule has 2 rings (SSSR count). The molecule has 0 spiro atoms. The molecule has 0 radical (unpaired) electrons. The first-order chi connectivity index (χ1) is 11.6. The zero-order valence-electron chi connectivity index (χ0n) is 14.2. The minimum Gasteiger partial charge on any atom is -0.352 e. The molecule has 24 heavy (non-hydrogen) atoms. The van der Waals surface area contributed by atoms with Gasteiger partial charge in [-0.3, -0.25) is 9.59 Å². The Balaban J connectivity index is 1.86. The maximum atomic E-state index is 12.5. The summed E-state index contributed by atoms with van der Waals surface area (Å²) in [6.45, 7) is 4.93. The van der Waals surface area contributed by atoms with Crippen molar-refractivity contribution in [3.8, 4) is 0 Å². The number of carbonyl (C=O) groups is 2. The number of amides is 2. The van der Waals surface area contributed by atoms with Crippen LogP contribution in [-0.2, 0) is 11.3 Å². The quantitative estimate of drug-likeness (QED) is 0.850. The van der Waals surface area contributed by atoms with Gasteiger partial charge >= 0.3 is 0 Å². The van der Waals surface area contributed by atoms with Crippen LogP contribution >= 0.6 is 0 Å². The van der Waals surface area contributed by atoms with Crippen LogP contribution < -0.4 is 5.32 Å². The van der Waals surface area contributed by atoms with E-state index in [-0.39, 0.29) is 17.9 Å². The van der Waals surface area contributed by atoms with Gasteiger partial charge in [0, 0.05) is 31.1 Å². The monoisotopic (exact) mass is 324 g/mol. The zero-order valence-corrected chi connectivity index (χ0v) is 14.2. The van der Waals surface area contributed by atoms with Crippen molar-refractivity contribution in [2.75, 3.05) is 6.54 Å². The number of nitrogens with zero attached hydrogens (tertiary/aromatic N) is 1. The molecule has 4 nitrogen and oxygen atoms in total. The maximum Gasteiger partial charge on any atom is 0.251 e. The van der Waals surface area contributed by atoms with E-state index in [0.717, 1.165) is 5.56 Å². The van der Waals surface area contributed by atoms with E-state index in [1.807, 2.05) is 67.3 Å². The average Bonchev–Trinajstić information content (AvgIpc) is 2.60. The SMILES string of the molecule is CC(C)N(Cc1ccccc1)C(=O)CCNC(=O)c1ccccc1. The number of rotatable bonds is 7. The molecule has 0 aliphatic heterocycles. The van der Waals surface area contributed by atoms with Gasteiger partial charge in [0.2, 0.25) is 5.91 Å². The molecule has 0 saturated heterocycles. The van der Waals surface area contributed by atoms with E-state index < -0.39 is 0 Å². The van der Waals surface area contributed by atoms with Gasteiger partial charge in [-0.2, -0.15) is 0 Å². The summed E-state index contributed by atoms with van der Waals surface area (Å²) in [6.07, 6.45) is 0.295. The first-order valence-corrected chi connectivity index (χ1v) is 8.24. The Morgan fingerprint density at radius 2 is 1.54 bits per heavy atom. The lowest BCUT2D eigenvalue weighted by Crippen LogP contribution is -2.38. The fraction of sp³-hybridized carbons (Fsp3) is 0.300. The van der Waals surface area contributed by atoms with Gasteiger partial charge in [0.1, 0.15) is 0 Å². The summed E-state index contributed by atoms with van der Waals surface area (Å²) in [4.78, 5) is 26.3. The van der Waals surface area contributed by atoms with Crippen LogP contribution in [0.1, 0.15) is 36.2 Å². The van der Waals surface area contributed by atoms with Crippen LogP contribution in [0.4, 0.5) is 0 Å². The lowest BCUT2D eigenvalue weighted by atomic mass is 10.1. The largest absolute Gasteiger partial charge is 0.352 e. The van der Waals surface area contributed by atoms with Gasteiger partial charge in [0.05, 0.1) is 0 Å². The molecule has 126 valence electrons. The highest BCUT2D eigenvalue weighted by atomic mass is 16.2. The number of nitrogens with one attached hydrogen (secondary N) is 1. The van der Waals surface area contributed by atoms with Crippen molar-refractivity contribution < 1.29 is 9.59 Å². The first-order valence-electron chi connectivity index (χ1n) is 8.24. The highest BCUT2D eigenvalue weighted by Gasteiger charge is 2.17. The second-order valence-electron chi connectivity index (χ2n) is 5.97. The molecular formula is C20H24N2O2. The van der Waals surface area contributed by atoms with E-state index in [1.165, 1.54) is 0 Å². The Labute approximate surface area is 143 Å². The highest BCUT2D eigenvalue weighted by Crippen LogP contribution is 2.10.